The van der Waals surface area contributed by atoms with Crippen molar-refractivity contribution >= 4 is 0 Å². The first-order valence-electron chi connectivity index (χ1n) is 12.7. The van der Waals surface area contributed by atoms with Gasteiger partial charge in [0.15, 0.2) is 0 Å². The van der Waals surface area contributed by atoms with Crippen molar-refractivity contribution in [1.29, 1.82) is 0 Å². The lowest BCUT2D eigenvalue weighted by molar-refractivity contribution is -0.0336. The topological polar surface area (TPSA) is 20.2 Å². The number of hydrogen-bond donors (Lipinski definition) is 1. The van der Waals surface area contributed by atoms with Crippen LogP contribution in [0.1, 0.15) is 106 Å². The third-order valence-electron chi connectivity index (χ3n) is 10.4. The zero-order valence-electron chi connectivity index (χ0n) is 20.1. The molecule has 164 valence electrons. The molecule has 0 aromatic rings. The van der Waals surface area contributed by atoms with Gasteiger partial charge in [-0.2, -0.15) is 0 Å². The molecule has 0 heterocycles. The molecule has 2 fully saturated rings. The maximum atomic E-state index is 10.5. The molecule has 0 spiro atoms. The molecule has 0 saturated heterocycles. The maximum absolute atomic E-state index is 10.5. The molecular weight excluding hydrogens is 352 g/mol. The second-order valence-electron chi connectivity index (χ2n) is 12.1. The highest BCUT2D eigenvalue weighted by molar-refractivity contribution is 5.34. The van der Waals surface area contributed by atoms with Crippen molar-refractivity contribution in [2.75, 3.05) is 0 Å². The number of hydrogen-bond acceptors (Lipinski definition) is 1. The molecule has 0 aromatic carbocycles. The van der Waals surface area contributed by atoms with E-state index >= 15 is 0 Å². The number of aliphatic hydroxyl groups excluding tert-OH is 1. The van der Waals surface area contributed by atoms with Crippen LogP contribution in [0.15, 0.2) is 22.8 Å². The van der Waals surface area contributed by atoms with Gasteiger partial charge in [-0.25, -0.2) is 0 Å². The molecule has 0 aromatic heterocycles. The lowest BCUT2D eigenvalue weighted by atomic mass is 9.49. The van der Waals surface area contributed by atoms with Gasteiger partial charge in [-0.15, -0.1) is 0 Å². The molecule has 8 atom stereocenters. The molecule has 1 nitrogen and oxygen atoms in total. The van der Waals surface area contributed by atoms with Crippen molar-refractivity contribution in [1.82, 2.24) is 0 Å². The molecule has 0 bridgehead atoms. The van der Waals surface area contributed by atoms with Gasteiger partial charge < -0.3 is 5.11 Å². The number of aliphatic hydroxyl groups is 1. The van der Waals surface area contributed by atoms with Crippen LogP contribution < -0.4 is 0 Å². The molecule has 0 radical (unpaired) electrons. The van der Waals surface area contributed by atoms with Crippen LogP contribution in [0.4, 0.5) is 0 Å². The summed E-state index contributed by atoms with van der Waals surface area (Å²) < 4.78 is 0. The number of rotatable bonds is 4. The quantitative estimate of drug-likeness (QED) is 0.481. The monoisotopic (exact) mass is 398 g/mol. The molecule has 1 heteroatoms. The van der Waals surface area contributed by atoms with Crippen molar-refractivity contribution in [3.05, 3.63) is 22.8 Å². The maximum Gasteiger partial charge on any atom is 0.0569 e. The summed E-state index contributed by atoms with van der Waals surface area (Å²) >= 11 is 0. The Kier molecular flexibility index (Phi) is 5.86. The molecule has 1 N–H and O–H groups in total. The van der Waals surface area contributed by atoms with Gasteiger partial charge in [-0.3, -0.25) is 0 Å². The van der Waals surface area contributed by atoms with E-state index in [0.717, 1.165) is 24.2 Å². The molecule has 4 aliphatic rings. The smallest absolute Gasteiger partial charge is 0.0569 e. The second kappa shape index (κ2) is 7.85. The van der Waals surface area contributed by atoms with Crippen LogP contribution in [0.25, 0.3) is 0 Å². The van der Waals surface area contributed by atoms with Crippen molar-refractivity contribution < 1.29 is 5.11 Å². The Balaban J connectivity index is 1.57. The van der Waals surface area contributed by atoms with E-state index in [2.05, 4.69) is 47.6 Å². The van der Waals surface area contributed by atoms with Crippen LogP contribution in [-0.4, -0.2) is 11.2 Å². The van der Waals surface area contributed by atoms with Gasteiger partial charge in [0.1, 0.15) is 0 Å². The summed E-state index contributed by atoms with van der Waals surface area (Å²) in [6.07, 6.45) is 15.5. The summed E-state index contributed by atoms with van der Waals surface area (Å²) in [5, 5.41) is 10.5. The Morgan fingerprint density at radius 3 is 2.59 bits per heavy atom. The summed E-state index contributed by atoms with van der Waals surface area (Å²) in [7, 11) is 0. The van der Waals surface area contributed by atoms with Gasteiger partial charge in [0.05, 0.1) is 6.10 Å². The third kappa shape index (κ3) is 3.48. The Labute approximate surface area is 180 Å². The van der Waals surface area contributed by atoms with Crippen LogP contribution >= 0.6 is 0 Å². The van der Waals surface area contributed by atoms with Crippen molar-refractivity contribution in [3.8, 4) is 0 Å². The van der Waals surface area contributed by atoms with E-state index in [0.29, 0.717) is 22.7 Å². The lowest BCUT2D eigenvalue weighted by Crippen LogP contribution is -2.49. The lowest BCUT2D eigenvalue weighted by Gasteiger charge is -2.56. The van der Waals surface area contributed by atoms with E-state index in [1.807, 2.05) is 11.1 Å². The Morgan fingerprint density at radius 2 is 1.86 bits per heavy atom. The highest BCUT2D eigenvalue weighted by Crippen LogP contribution is 2.66. The first kappa shape index (κ1) is 21.7. The fourth-order valence-electron chi connectivity index (χ4n) is 8.72. The van der Waals surface area contributed by atoms with Crippen LogP contribution in [-0.2, 0) is 0 Å². The zero-order chi connectivity index (χ0) is 21.0. The average molecular weight is 399 g/mol. The van der Waals surface area contributed by atoms with Crippen LogP contribution in [0, 0.1) is 40.4 Å². The van der Waals surface area contributed by atoms with Crippen molar-refractivity contribution in [2.24, 2.45) is 40.4 Å². The van der Waals surface area contributed by atoms with E-state index in [1.165, 1.54) is 63.4 Å². The molecular formula is C28H46O. The van der Waals surface area contributed by atoms with E-state index < -0.39 is 0 Å². The van der Waals surface area contributed by atoms with Gasteiger partial charge >= 0.3 is 0 Å². The minimum absolute atomic E-state index is 0.0680. The highest BCUT2D eigenvalue weighted by Gasteiger charge is 2.56. The molecule has 4 aliphatic carbocycles. The van der Waals surface area contributed by atoms with E-state index in [4.69, 9.17) is 0 Å². The largest absolute Gasteiger partial charge is 0.393 e. The number of allylic oxidation sites excluding steroid dienone is 4. The Hall–Kier alpha value is -0.560. The van der Waals surface area contributed by atoms with Gasteiger partial charge in [-0.05, 0) is 118 Å². The minimum Gasteiger partial charge on any atom is -0.393 e. The van der Waals surface area contributed by atoms with Crippen LogP contribution in [0.2, 0.25) is 0 Å². The Bertz CT molecular complexity index is 682. The standard InChI is InChI=1S/C28H46O/c1-18(2)8-7-9-19(3)22-12-13-24-21-10-11-23-20(4)26(29)15-17-28(23,6)25(21)14-16-27(22,24)5/h8,19-20,22-24,26,29H,7,9-17H2,1-6H3/t19-,20+,22-,23+,24?,26+,27-,28+/m1/s1. The predicted octanol–water partition coefficient (Wildman–Crippen LogP) is 7.70. The number of fused-ring (bicyclic) bond motifs is 4. The van der Waals surface area contributed by atoms with Gasteiger partial charge in [-0.1, -0.05) is 50.5 Å². The van der Waals surface area contributed by atoms with E-state index in [-0.39, 0.29) is 6.10 Å². The SMILES string of the molecule is CC(C)=CCC[C@@H](C)[C@H]1CCC2C3=C(CC[C@@]21C)[C@@]1(C)CC[C@H](O)[C@@H](C)[C@@H]1CC3. The fraction of sp³-hybridized carbons (Fsp3) is 0.857. The molecule has 4 rings (SSSR count). The molecule has 0 amide bonds. The summed E-state index contributed by atoms with van der Waals surface area (Å²) in [5.41, 5.74) is 6.15. The normalized spacial score (nSPS) is 45.3. The van der Waals surface area contributed by atoms with Crippen molar-refractivity contribution in [2.45, 2.75) is 112 Å². The first-order valence-corrected chi connectivity index (χ1v) is 12.7. The third-order valence-corrected chi connectivity index (χ3v) is 10.4. The van der Waals surface area contributed by atoms with Crippen molar-refractivity contribution in [3.63, 3.8) is 0 Å². The first-order chi connectivity index (χ1) is 13.7. The highest BCUT2D eigenvalue weighted by atomic mass is 16.3. The van der Waals surface area contributed by atoms with Crippen LogP contribution in [0.5, 0.6) is 0 Å². The van der Waals surface area contributed by atoms with Gasteiger partial charge in [0.25, 0.3) is 0 Å². The van der Waals surface area contributed by atoms with Gasteiger partial charge in [0, 0.05) is 0 Å². The zero-order valence-corrected chi connectivity index (χ0v) is 20.1. The fourth-order valence-corrected chi connectivity index (χ4v) is 8.72. The minimum atomic E-state index is -0.0680. The molecule has 0 aliphatic heterocycles. The van der Waals surface area contributed by atoms with Crippen LogP contribution in [0.3, 0.4) is 0 Å². The summed E-state index contributed by atoms with van der Waals surface area (Å²) in [6, 6.07) is 0. The summed E-state index contributed by atoms with van der Waals surface area (Å²) in [5.74, 6) is 3.78. The summed E-state index contributed by atoms with van der Waals surface area (Å²) in [4.78, 5) is 0. The summed E-state index contributed by atoms with van der Waals surface area (Å²) in [6.45, 7) is 14.6. The second-order valence-corrected chi connectivity index (χ2v) is 12.1. The predicted molar refractivity (Wildman–Crippen MR) is 124 cm³/mol. The van der Waals surface area contributed by atoms with E-state index in [9.17, 15) is 5.11 Å². The van der Waals surface area contributed by atoms with Gasteiger partial charge in [0.2, 0.25) is 0 Å². The molecule has 2 saturated carbocycles. The molecule has 1 unspecified atom stereocenters. The van der Waals surface area contributed by atoms with E-state index in [1.54, 1.807) is 0 Å². The Morgan fingerprint density at radius 1 is 1.10 bits per heavy atom. The average Bonchev–Trinajstić information content (AvgIpc) is 3.02. The molecule has 29 heavy (non-hydrogen) atoms.